The van der Waals surface area contributed by atoms with E-state index in [0.717, 1.165) is 11.8 Å². The average Bonchev–Trinajstić information content (AvgIpc) is 2.99. The van der Waals surface area contributed by atoms with Crippen molar-refractivity contribution in [3.05, 3.63) is 52.6 Å². The molecule has 0 spiro atoms. The number of imidazole rings is 1. The van der Waals surface area contributed by atoms with Gasteiger partial charge in [-0.25, -0.2) is 17.8 Å². The monoisotopic (exact) mass is 395 g/mol. The molecule has 0 atom stereocenters. The number of aromatic nitrogens is 2. The predicted octanol–water partition coefficient (Wildman–Crippen LogP) is 3.63. The van der Waals surface area contributed by atoms with Crippen LogP contribution in [0.2, 0.25) is 5.02 Å². The lowest BCUT2D eigenvalue weighted by molar-refractivity contribution is 0.102. The number of rotatable bonds is 5. The summed E-state index contributed by atoms with van der Waals surface area (Å²) in [6, 6.07) is 6.49. The smallest absolute Gasteiger partial charge is 0.180 e. The minimum Gasteiger partial charge on any atom is -0.351 e. The van der Waals surface area contributed by atoms with Crippen LogP contribution in [0.3, 0.4) is 0 Å². The van der Waals surface area contributed by atoms with Gasteiger partial charge in [-0.05, 0) is 30.7 Å². The Morgan fingerprint density at radius 1 is 1.35 bits per heavy atom. The summed E-state index contributed by atoms with van der Waals surface area (Å²) in [5, 5.41) is 3.15. The number of fused-ring (bicyclic) bond motifs is 1. The molecule has 0 saturated carbocycles. The molecule has 2 aromatic carbocycles. The molecule has 0 unspecified atom stereocenters. The number of hydrogen-bond donors (Lipinski definition) is 2. The zero-order valence-electron chi connectivity index (χ0n) is 13.9. The number of aryl methyl sites for hydroxylation is 1. The Labute approximate surface area is 154 Å². The molecule has 0 bridgehead atoms. The minimum absolute atomic E-state index is 0.0339. The quantitative estimate of drug-likeness (QED) is 0.643. The van der Waals surface area contributed by atoms with Crippen molar-refractivity contribution in [1.82, 2.24) is 9.97 Å². The molecule has 0 aliphatic carbocycles. The molecular weight excluding hydrogens is 381 g/mol. The molecule has 0 aliphatic heterocycles. The Hall–Kier alpha value is -2.45. The number of hydrogen-bond acceptors (Lipinski definition) is 5. The molecule has 0 aliphatic rings. The third-order valence-corrected chi connectivity index (χ3v) is 4.83. The van der Waals surface area contributed by atoms with Crippen LogP contribution in [-0.2, 0) is 9.84 Å². The summed E-state index contributed by atoms with van der Waals surface area (Å²) in [7, 11) is -3.58. The Morgan fingerprint density at radius 2 is 2.08 bits per heavy atom. The standard InChI is InChI=1S/C17H15ClFN3O3S/c1-9-3-4-12(11(18)5-9)22-16-10(14(23)7-26(2,24)25)6-13-17(15(16)19)21-8-20-13/h3-6,8,22H,7H2,1-2H3,(H,20,21). The van der Waals surface area contributed by atoms with Crippen LogP contribution in [0, 0.1) is 12.7 Å². The molecule has 3 aromatic rings. The van der Waals surface area contributed by atoms with Crippen LogP contribution in [0.25, 0.3) is 11.0 Å². The third kappa shape index (κ3) is 3.71. The highest BCUT2D eigenvalue weighted by atomic mass is 35.5. The summed E-state index contributed by atoms with van der Waals surface area (Å²) in [4.78, 5) is 19.1. The number of sulfone groups is 1. The number of aromatic amines is 1. The highest BCUT2D eigenvalue weighted by Gasteiger charge is 2.23. The van der Waals surface area contributed by atoms with E-state index in [1.807, 2.05) is 6.92 Å². The number of carbonyl (C=O) groups excluding carboxylic acids is 1. The number of ketones is 1. The Balaban J connectivity index is 2.16. The van der Waals surface area contributed by atoms with Crippen molar-refractivity contribution in [2.45, 2.75) is 6.92 Å². The lowest BCUT2D eigenvalue weighted by atomic mass is 10.1. The number of halogens is 2. The lowest BCUT2D eigenvalue weighted by Crippen LogP contribution is -2.16. The van der Waals surface area contributed by atoms with Gasteiger partial charge in [0.15, 0.2) is 21.4 Å². The first-order chi connectivity index (χ1) is 12.2. The average molecular weight is 396 g/mol. The van der Waals surface area contributed by atoms with E-state index < -0.39 is 27.2 Å². The van der Waals surface area contributed by atoms with Gasteiger partial charge in [0.25, 0.3) is 0 Å². The largest absolute Gasteiger partial charge is 0.351 e. The maximum atomic E-state index is 15.0. The molecule has 6 nitrogen and oxygen atoms in total. The van der Waals surface area contributed by atoms with Crippen molar-refractivity contribution in [2.24, 2.45) is 0 Å². The van der Waals surface area contributed by atoms with Gasteiger partial charge in [0, 0.05) is 11.8 Å². The molecule has 1 aromatic heterocycles. The van der Waals surface area contributed by atoms with Crippen molar-refractivity contribution >= 4 is 49.6 Å². The van der Waals surface area contributed by atoms with Crippen LogP contribution in [0.4, 0.5) is 15.8 Å². The molecule has 0 saturated heterocycles. The molecule has 136 valence electrons. The fraction of sp³-hybridized carbons (Fsp3) is 0.176. The second kappa shape index (κ2) is 6.69. The molecule has 0 fully saturated rings. The molecule has 0 amide bonds. The van der Waals surface area contributed by atoms with E-state index in [1.54, 1.807) is 18.2 Å². The minimum atomic E-state index is -3.58. The molecule has 1 heterocycles. The number of benzene rings is 2. The van der Waals surface area contributed by atoms with Crippen molar-refractivity contribution in [3.63, 3.8) is 0 Å². The SMILES string of the molecule is Cc1ccc(Nc2c(C(=O)CS(C)(=O)=O)cc3[nH]cnc3c2F)c(Cl)c1. The Kier molecular flexibility index (Phi) is 4.72. The molecule has 3 rings (SSSR count). The molecular formula is C17H15ClFN3O3S. The van der Waals surface area contributed by atoms with E-state index in [-0.39, 0.29) is 16.8 Å². The van der Waals surface area contributed by atoms with Gasteiger partial charge in [0.05, 0.1) is 28.2 Å². The van der Waals surface area contributed by atoms with Gasteiger partial charge in [-0.3, -0.25) is 4.79 Å². The Bertz CT molecular complexity index is 1130. The number of Topliss-reactive ketones (excluding diaryl/α,β-unsaturated/α-hetero) is 1. The van der Waals surface area contributed by atoms with Gasteiger partial charge < -0.3 is 10.3 Å². The topological polar surface area (TPSA) is 91.9 Å². The van der Waals surface area contributed by atoms with Gasteiger partial charge in [-0.2, -0.15) is 0 Å². The maximum absolute atomic E-state index is 15.0. The fourth-order valence-electron chi connectivity index (χ4n) is 2.56. The number of H-pyrrole nitrogens is 1. The van der Waals surface area contributed by atoms with Crippen LogP contribution in [0.5, 0.6) is 0 Å². The van der Waals surface area contributed by atoms with Gasteiger partial charge in [-0.1, -0.05) is 17.7 Å². The van der Waals surface area contributed by atoms with E-state index in [0.29, 0.717) is 16.2 Å². The van der Waals surface area contributed by atoms with Crippen LogP contribution in [0.1, 0.15) is 15.9 Å². The van der Waals surface area contributed by atoms with Gasteiger partial charge in [0.2, 0.25) is 0 Å². The van der Waals surface area contributed by atoms with E-state index in [4.69, 9.17) is 11.6 Å². The van der Waals surface area contributed by atoms with Gasteiger partial charge in [0.1, 0.15) is 11.3 Å². The fourth-order valence-corrected chi connectivity index (χ4v) is 3.47. The summed E-state index contributed by atoms with van der Waals surface area (Å²) in [6.45, 7) is 1.85. The number of nitrogens with one attached hydrogen (secondary N) is 2. The molecule has 2 N–H and O–H groups in total. The summed E-state index contributed by atoms with van der Waals surface area (Å²) in [6.07, 6.45) is 2.24. The highest BCUT2D eigenvalue weighted by molar-refractivity contribution is 7.91. The molecule has 9 heteroatoms. The summed E-state index contributed by atoms with van der Waals surface area (Å²) in [5.74, 6) is -2.23. The summed E-state index contributed by atoms with van der Waals surface area (Å²) < 4.78 is 38.0. The van der Waals surface area contributed by atoms with Crippen molar-refractivity contribution in [2.75, 3.05) is 17.3 Å². The molecule has 0 radical (unpaired) electrons. The Morgan fingerprint density at radius 3 is 2.73 bits per heavy atom. The van der Waals surface area contributed by atoms with Crippen LogP contribution in [-0.4, -0.2) is 36.2 Å². The zero-order valence-corrected chi connectivity index (χ0v) is 15.5. The first kappa shape index (κ1) is 18.3. The third-order valence-electron chi connectivity index (χ3n) is 3.73. The second-order valence-electron chi connectivity index (χ2n) is 6.01. The normalized spacial score (nSPS) is 11.7. The van der Waals surface area contributed by atoms with E-state index in [1.165, 1.54) is 12.4 Å². The first-order valence-electron chi connectivity index (χ1n) is 7.55. The van der Waals surface area contributed by atoms with E-state index in [9.17, 15) is 17.6 Å². The lowest BCUT2D eigenvalue weighted by Gasteiger charge is -2.14. The van der Waals surface area contributed by atoms with Crippen molar-refractivity contribution in [3.8, 4) is 0 Å². The van der Waals surface area contributed by atoms with E-state index in [2.05, 4.69) is 15.3 Å². The zero-order chi connectivity index (χ0) is 19.1. The summed E-state index contributed by atoms with van der Waals surface area (Å²) >= 11 is 6.18. The van der Waals surface area contributed by atoms with Crippen LogP contribution in [0.15, 0.2) is 30.6 Å². The van der Waals surface area contributed by atoms with Crippen LogP contribution < -0.4 is 5.32 Å². The number of carbonyl (C=O) groups is 1. The van der Waals surface area contributed by atoms with Crippen molar-refractivity contribution < 1.29 is 17.6 Å². The predicted molar refractivity (Wildman–Crippen MR) is 99.6 cm³/mol. The highest BCUT2D eigenvalue weighted by Crippen LogP contribution is 2.33. The number of nitrogens with zero attached hydrogens (tertiary/aromatic N) is 1. The molecule has 26 heavy (non-hydrogen) atoms. The van der Waals surface area contributed by atoms with E-state index >= 15 is 0 Å². The summed E-state index contributed by atoms with van der Waals surface area (Å²) in [5.41, 5.74) is 1.37. The first-order valence-corrected chi connectivity index (χ1v) is 9.99. The van der Waals surface area contributed by atoms with Gasteiger partial charge in [-0.15, -0.1) is 0 Å². The second-order valence-corrected chi connectivity index (χ2v) is 8.56. The van der Waals surface area contributed by atoms with Gasteiger partial charge >= 0.3 is 0 Å². The maximum Gasteiger partial charge on any atom is 0.180 e. The van der Waals surface area contributed by atoms with Crippen LogP contribution >= 0.6 is 11.6 Å². The number of anilines is 2. The van der Waals surface area contributed by atoms with Crippen molar-refractivity contribution in [1.29, 1.82) is 0 Å².